The van der Waals surface area contributed by atoms with Gasteiger partial charge in [0.15, 0.2) is 5.96 Å². The fourth-order valence-electron chi connectivity index (χ4n) is 2.28. The summed E-state index contributed by atoms with van der Waals surface area (Å²) in [5.41, 5.74) is 0.606. The van der Waals surface area contributed by atoms with Gasteiger partial charge in [-0.2, -0.15) is 0 Å². The van der Waals surface area contributed by atoms with Crippen molar-refractivity contribution in [1.29, 1.82) is 0 Å². The van der Waals surface area contributed by atoms with Gasteiger partial charge in [0.25, 0.3) is 0 Å². The normalized spacial score (nSPS) is 19.9. The predicted octanol–water partition coefficient (Wildman–Crippen LogP) is 3.43. The van der Waals surface area contributed by atoms with E-state index in [1.807, 2.05) is 38.0 Å². The predicted molar refractivity (Wildman–Crippen MR) is 92.8 cm³/mol. The molecule has 0 bridgehead atoms. The van der Waals surface area contributed by atoms with E-state index in [1.165, 1.54) is 6.07 Å². The van der Waals surface area contributed by atoms with Crippen molar-refractivity contribution in [3.63, 3.8) is 0 Å². The van der Waals surface area contributed by atoms with Crippen LogP contribution < -0.4 is 0 Å². The second-order valence-electron chi connectivity index (χ2n) is 5.26. The average molecular weight is 412 g/mol. The molecule has 2 atom stereocenters. The maximum Gasteiger partial charge on any atom is 0.195 e. The Balaban J connectivity index is 0.00000200. The molecule has 20 heavy (non-hydrogen) atoms. The Kier molecular flexibility index (Phi) is 6.06. The van der Waals surface area contributed by atoms with Gasteiger partial charge in [0.1, 0.15) is 5.82 Å². The van der Waals surface area contributed by atoms with Gasteiger partial charge in [-0.25, -0.2) is 9.38 Å². The van der Waals surface area contributed by atoms with Crippen molar-refractivity contribution in [3.8, 4) is 0 Å². The highest BCUT2D eigenvalue weighted by Gasteiger charge is 2.41. The fourth-order valence-corrected chi connectivity index (χ4v) is 2.58. The Morgan fingerprint density at radius 1 is 1.25 bits per heavy atom. The molecule has 1 saturated carbocycles. The number of halogens is 3. The van der Waals surface area contributed by atoms with Crippen molar-refractivity contribution in [2.24, 2.45) is 4.99 Å². The largest absolute Gasteiger partial charge is 0.349 e. The molecule has 112 valence electrons. The SMILES string of the molecule is CN(C)C(=NC1CC1c1c(F)cccc1Cl)N(C)C.I. The summed E-state index contributed by atoms with van der Waals surface area (Å²) in [4.78, 5) is 8.58. The first-order valence-electron chi connectivity index (χ1n) is 6.28. The lowest BCUT2D eigenvalue weighted by molar-refractivity contribution is 0.478. The van der Waals surface area contributed by atoms with Crippen LogP contribution in [0.4, 0.5) is 4.39 Å². The Morgan fingerprint density at radius 3 is 2.35 bits per heavy atom. The van der Waals surface area contributed by atoms with Crippen molar-refractivity contribution in [2.75, 3.05) is 28.2 Å². The van der Waals surface area contributed by atoms with Crippen LogP contribution in [0.5, 0.6) is 0 Å². The zero-order valence-corrected chi connectivity index (χ0v) is 15.2. The molecule has 0 heterocycles. The van der Waals surface area contributed by atoms with Gasteiger partial charge in [-0.05, 0) is 18.6 Å². The first-order valence-corrected chi connectivity index (χ1v) is 6.66. The molecule has 0 aromatic heterocycles. The smallest absolute Gasteiger partial charge is 0.195 e. The molecule has 1 aliphatic carbocycles. The third-order valence-corrected chi connectivity index (χ3v) is 3.54. The van der Waals surface area contributed by atoms with E-state index in [0.29, 0.717) is 10.6 Å². The third-order valence-electron chi connectivity index (χ3n) is 3.21. The number of nitrogens with zero attached hydrogens (tertiary/aromatic N) is 3. The summed E-state index contributed by atoms with van der Waals surface area (Å²) < 4.78 is 13.8. The molecule has 0 aliphatic heterocycles. The zero-order chi connectivity index (χ0) is 14.2. The van der Waals surface area contributed by atoms with E-state index in [0.717, 1.165) is 12.4 Å². The van der Waals surface area contributed by atoms with Crippen LogP contribution in [0.25, 0.3) is 0 Å². The molecule has 3 nitrogen and oxygen atoms in total. The topological polar surface area (TPSA) is 18.8 Å². The lowest BCUT2D eigenvalue weighted by Crippen LogP contribution is -2.35. The standard InChI is InChI=1S/C14H19ClFN3.HI/c1-18(2)14(19(3)4)17-12-8-9(12)13-10(15)6-5-7-11(13)16;/h5-7,9,12H,8H2,1-4H3;1H. The minimum absolute atomic E-state index is 0. The molecule has 0 saturated heterocycles. The number of aliphatic imine (C=N–C) groups is 1. The van der Waals surface area contributed by atoms with Gasteiger partial charge in [0, 0.05) is 44.7 Å². The summed E-state index contributed by atoms with van der Waals surface area (Å²) >= 11 is 6.08. The minimum atomic E-state index is -0.230. The molecule has 1 aliphatic rings. The second kappa shape index (κ2) is 6.93. The highest BCUT2D eigenvalue weighted by Crippen LogP contribution is 2.47. The number of benzene rings is 1. The van der Waals surface area contributed by atoms with E-state index in [4.69, 9.17) is 11.6 Å². The molecule has 1 fully saturated rings. The number of rotatable bonds is 2. The van der Waals surface area contributed by atoms with Gasteiger partial charge in [-0.15, -0.1) is 24.0 Å². The monoisotopic (exact) mass is 411 g/mol. The van der Waals surface area contributed by atoms with Crippen LogP contribution in [0.15, 0.2) is 23.2 Å². The summed E-state index contributed by atoms with van der Waals surface area (Å²) in [6.45, 7) is 0. The van der Waals surface area contributed by atoms with Gasteiger partial charge in [-0.3, -0.25) is 0 Å². The quantitative estimate of drug-likeness (QED) is 0.422. The zero-order valence-electron chi connectivity index (χ0n) is 12.1. The van der Waals surface area contributed by atoms with Gasteiger partial charge in [0.05, 0.1) is 6.04 Å². The molecule has 0 N–H and O–H groups in total. The molecule has 6 heteroatoms. The third kappa shape index (κ3) is 3.75. The molecule has 0 amide bonds. The summed E-state index contributed by atoms with van der Waals surface area (Å²) in [7, 11) is 7.80. The van der Waals surface area contributed by atoms with E-state index < -0.39 is 0 Å². The average Bonchev–Trinajstić information content (AvgIpc) is 3.04. The summed E-state index contributed by atoms with van der Waals surface area (Å²) in [6, 6.07) is 4.94. The summed E-state index contributed by atoms with van der Waals surface area (Å²) in [5.74, 6) is 0.759. The Hall–Kier alpha value is -0.560. The van der Waals surface area contributed by atoms with Gasteiger partial charge >= 0.3 is 0 Å². The van der Waals surface area contributed by atoms with Crippen molar-refractivity contribution in [2.45, 2.75) is 18.4 Å². The first kappa shape index (κ1) is 17.5. The lowest BCUT2D eigenvalue weighted by Gasteiger charge is -2.22. The van der Waals surface area contributed by atoms with E-state index in [2.05, 4.69) is 4.99 Å². The molecule has 0 radical (unpaired) electrons. The maximum absolute atomic E-state index is 13.8. The number of guanidine groups is 1. The first-order chi connectivity index (χ1) is 8.91. The molecule has 2 unspecified atom stereocenters. The Bertz CT molecular complexity index is 475. The van der Waals surface area contributed by atoms with Crippen LogP contribution in [0.1, 0.15) is 17.9 Å². The van der Waals surface area contributed by atoms with Crippen LogP contribution in [-0.2, 0) is 0 Å². The fraction of sp³-hybridized carbons (Fsp3) is 0.500. The van der Waals surface area contributed by atoms with Crippen LogP contribution >= 0.6 is 35.6 Å². The summed E-state index contributed by atoms with van der Waals surface area (Å²) in [6.07, 6.45) is 0.853. The minimum Gasteiger partial charge on any atom is -0.349 e. The van der Waals surface area contributed by atoms with Crippen molar-refractivity contribution >= 4 is 41.5 Å². The van der Waals surface area contributed by atoms with Crippen LogP contribution in [0, 0.1) is 5.82 Å². The highest BCUT2D eigenvalue weighted by atomic mass is 127. The van der Waals surface area contributed by atoms with Crippen molar-refractivity contribution < 1.29 is 4.39 Å². The number of hydrogen-bond acceptors (Lipinski definition) is 1. The summed E-state index contributed by atoms with van der Waals surface area (Å²) in [5, 5.41) is 0.499. The molecule has 2 rings (SSSR count). The maximum atomic E-state index is 13.8. The highest BCUT2D eigenvalue weighted by molar-refractivity contribution is 14.0. The molecular formula is C14H20ClFIN3. The van der Waals surface area contributed by atoms with Crippen molar-refractivity contribution in [3.05, 3.63) is 34.6 Å². The van der Waals surface area contributed by atoms with Gasteiger partial charge in [-0.1, -0.05) is 17.7 Å². The lowest BCUT2D eigenvalue weighted by atomic mass is 10.1. The van der Waals surface area contributed by atoms with E-state index >= 15 is 0 Å². The van der Waals surface area contributed by atoms with Crippen LogP contribution in [0.2, 0.25) is 5.02 Å². The Morgan fingerprint density at radius 2 is 1.85 bits per heavy atom. The Labute approximate surface area is 141 Å². The van der Waals surface area contributed by atoms with Gasteiger partial charge in [0.2, 0.25) is 0 Å². The molecular weight excluding hydrogens is 392 g/mol. The van der Waals surface area contributed by atoms with Gasteiger partial charge < -0.3 is 9.80 Å². The van der Waals surface area contributed by atoms with E-state index in [-0.39, 0.29) is 41.8 Å². The molecule has 1 aromatic carbocycles. The van der Waals surface area contributed by atoms with Crippen LogP contribution in [-0.4, -0.2) is 50.0 Å². The second-order valence-corrected chi connectivity index (χ2v) is 5.67. The van der Waals surface area contributed by atoms with E-state index in [1.54, 1.807) is 12.1 Å². The molecule has 0 spiro atoms. The number of hydrogen-bond donors (Lipinski definition) is 0. The van der Waals surface area contributed by atoms with Crippen LogP contribution in [0.3, 0.4) is 0 Å². The molecule has 1 aromatic rings. The van der Waals surface area contributed by atoms with E-state index in [9.17, 15) is 4.39 Å². The van der Waals surface area contributed by atoms with Crippen molar-refractivity contribution in [1.82, 2.24) is 9.80 Å².